The Morgan fingerprint density at radius 2 is 2.06 bits per heavy atom. The molecule has 0 amide bonds. The van der Waals surface area contributed by atoms with Gasteiger partial charge in [-0.05, 0) is 13.0 Å². The van der Waals surface area contributed by atoms with Gasteiger partial charge in [0.1, 0.15) is 5.02 Å². The van der Waals surface area contributed by atoms with Crippen LogP contribution in [0, 0.1) is 10.1 Å². The SMILES string of the molecule is CC(=O)c1cc(C(F)F)cc([N+](=O)[O-])c1Cl. The normalized spacial score (nSPS) is 10.6. The number of nitrogens with zero attached hydrogens (tertiary/aromatic N) is 1. The largest absolute Gasteiger partial charge is 0.294 e. The number of nitro groups is 1. The molecule has 86 valence electrons. The number of benzene rings is 1. The minimum atomic E-state index is -2.89. The van der Waals surface area contributed by atoms with Gasteiger partial charge in [0.2, 0.25) is 0 Å². The van der Waals surface area contributed by atoms with E-state index >= 15 is 0 Å². The molecular weight excluding hydrogens is 244 g/mol. The lowest BCUT2D eigenvalue weighted by atomic mass is 10.1. The fourth-order valence-electron chi connectivity index (χ4n) is 1.15. The van der Waals surface area contributed by atoms with Gasteiger partial charge >= 0.3 is 0 Å². The van der Waals surface area contributed by atoms with Gasteiger partial charge in [-0.25, -0.2) is 8.78 Å². The molecule has 0 aliphatic heterocycles. The smallest absolute Gasteiger partial charge is 0.289 e. The van der Waals surface area contributed by atoms with E-state index in [9.17, 15) is 23.7 Å². The van der Waals surface area contributed by atoms with Crippen LogP contribution in [0.5, 0.6) is 0 Å². The molecule has 0 bridgehead atoms. The molecule has 4 nitrogen and oxygen atoms in total. The van der Waals surface area contributed by atoms with Crippen LogP contribution in [0.3, 0.4) is 0 Å². The fourth-order valence-corrected chi connectivity index (χ4v) is 1.46. The monoisotopic (exact) mass is 249 g/mol. The van der Waals surface area contributed by atoms with E-state index in [1.807, 2.05) is 0 Å². The number of alkyl halides is 2. The highest BCUT2D eigenvalue weighted by molar-refractivity contribution is 6.35. The topological polar surface area (TPSA) is 60.2 Å². The van der Waals surface area contributed by atoms with Crippen molar-refractivity contribution in [2.75, 3.05) is 0 Å². The summed E-state index contributed by atoms with van der Waals surface area (Å²) in [5.41, 5.74) is -1.56. The first-order valence-electron chi connectivity index (χ1n) is 4.11. The van der Waals surface area contributed by atoms with Gasteiger partial charge in [-0.1, -0.05) is 11.6 Å². The van der Waals surface area contributed by atoms with Crippen molar-refractivity contribution in [1.82, 2.24) is 0 Å². The number of ketones is 1. The highest BCUT2D eigenvalue weighted by Gasteiger charge is 2.23. The van der Waals surface area contributed by atoms with Crippen LogP contribution in [0.2, 0.25) is 5.02 Å². The quantitative estimate of drug-likeness (QED) is 0.469. The van der Waals surface area contributed by atoms with Crippen LogP contribution in [0.25, 0.3) is 0 Å². The zero-order valence-corrected chi connectivity index (χ0v) is 8.79. The predicted octanol–water partition coefficient (Wildman–Crippen LogP) is 3.39. The third kappa shape index (κ3) is 2.33. The first-order chi connectivity index (χ1) is 7.34. The number of halogens is 3. The second-order valence-electron chi connectivity index (χ2n) is 3.02. The average molecular weight is 250 g/mol. The summed E-state index contributed by atoms with van der Waals surface area (Å²) in [7, 11) is 0. The Hall–Kier alpha value is -1.56. The standard InChI is InChI=1S/C9H6ClF2NO3/c1-4(14)6-2-5(9(11)12)3-7(8(6)10)13(15)16/h2-3,9H,1H3. The lowest BCUT2D eigenvalue weighted by Gasteiger charge is -2.05. The zero-order chi connectivity index (χ0) is 12.5. The lowest BCUT2D eigenvalue weighted by molar-refractivity contribution is -0.384. The molecule has 0 fully saturated rings. The summed E-state index contributed by atoms with van der Waals surface area (Å²) in [5, 5.41) is 10.1. The van der Waals surface area contributed by atoms with Gasteiger partial charge < -0.3 is 0 Å². The third-order valence-corrected chi connectivity index (χ3v) is 2.30. The molecule has 0 saturated heterocycles. The van der Waals surface area contributed by atoms with Crippen LogP contribution < -0.4 is 0 Å². The summed E-state index contributed by atoms with van der Waals surface area (Å²) < 4.78 is 24.8. The van der Waals surface area contributed by atoms with E-state index in [2.05, 4.69) is 0 Å². The average Bonchev–Trinajstić information content (AvgIpc) is 2.16. The van der Waals surface area contributed by atoms with Crippen molar-refractivity contribution >= 4 is 23.1 Å². The number of hydrogen-bond acceptors (Lipinski definition) is 3. The number of carbonyl (C=O) groups excluding carboxylic acids is 1. The van der Waals surface area contributed by atoms with Gasteiger partial charge in [-0.15, -0.1) is 0 Å². The number of Topliss-reactive ketones (excluding diaryl/α,β-unsaturated/α-hetero) is 1. The van der Waals surface area contributed by atoms with E-state index in [0.29, 0.717) is 6.07 Å². The molecule has 0 radical (unpaired) electrons. The van der Waals surface area contributed by atoms with E-state index in [1.54, 1.807) is 0 Å². The number of nitro benzene ring substituents is 1. The van der Waals surface area contributed by atoms with E-state index in [-0.39, 0.29) is 5.56 Å². The molecule has 7 heteroatoms. The van der Waals surface area contributed by atoms with Crippen LogP contribution in [0.1, 0.15) is 29.3 Å². The van der Waals surface area contributed by atoms with Crippen molar-refractivity contribution in [2.24, 2.45) is 0 Å². The van der Waals surface area contributed by atoms with Crippen molar-refractivity contribution in [3.05, 3.63) is 38.4 Å². The van der Waals surface area contributed by atoms with E-state index in [1.165, 1.54) is 0 Å². The Labute approximate surface area is 94.0 Å². The first-order valence-corrected chi connectivity index (χ1v) is 4.49. The van der Waals surface area contributed by atoms with E-state index in [4.69, 9.17) is 11.6 Å². The molecule has 0 aromatic heterocycles. The summed E-state index contributed by atoms with van der Waals surface area (Å²) >= 11 is 5.57. The highest BCUT2D eigenvalue weighted by Crippen LogP contribution is 2.33. The minimum absolute atomic E-state index is 0.272. The molecule has 0 atom stereocenters. The van der Waals surface area contributed by atoms with E-state index < -0.39 is 33.4 Å². The predicted molar refractivity (Wildman–Crippen MR) is 53.1 cm³/mol. The maximum absolute atomic E-state index is 12.4. The Bertz CT molecular complexity index is 427. The molecule has 0 unspecified atom stereocenters. The molecule has 0 spiro atoms. The third-order valence-electron chi connectivity index (χ3n) is 1.90. The van der Waals surface area contributed by atoms with Gasteiger partial charge in [-0.3, -0.25) is 14.9 Å². The van der Waals surface area contributed by atoms with Crippen LogP contribution in [0.15, 0.2) is 12.1 Å². The fraction of sp³-hybridized carbons (Fsp3) is 0.222. The molecule has 16 heavy (non-hydrogen) atoms. The number of carbonyl (C=O) groups is 1. The summed E-state index contributed by atoms with van der Waals surface area (Å²) in [6, 6.07) is 1.53. The number of rotatable bonds is 3. The van der Waals surface area contributed by atoms with Crippen molar-refractivity contribution in [1.29, 1.82) is 0 Å². The Balaban J connectivity index is 3.51. The molecule has 0 aliphatic rings. The Morgan fingerprint density at radius 3 is 2.44 bits per heavy atom. The van der Waals surface area contributed by atoms with Gasteiger partial charge in [0, 0.05) is 17.2 Å². The van der Waals surface area contributed by atoms with Crippen LogP contribution in [0.4, 0.5) is 14.5 Å². The minimum Gasteiger partial charge on any atom is -0.294 e. The first kappa shape index (κ1) is 12.5. The lowest BCUT2D eigenvalue weighted by Crippen LogP contribution is -2.00. The molecule has 1 aromatic carbocycles. The van der Waals surface area contributed by atoms with Crippen molar-refractivity contribution < 1.29 is 18.5 Å². The summed E-state index contributed by atoms with van der Waals surface area (Å²) in [6.45, 7) is 1.10. The van der Waals surface area contributed by atoms with E-state index in [0.717, 1.165) is 13.0 Å². The zero-order valence-electron chi connectivity index (χ0n) is 8.04. The molecule has 0 saturated carbocycles. The Morgan fingerprint density at radius 1 is 1.50 bits per heavy atom. The van der Waals surface area contributed by atoms with Crippen molar-refractivity contribution in [2.45, 2.75) is 13.3 Å². The Kier molecular flexibility index (Phi) is 3.54. The molecule has 1 aromatic rings. The molecule has 0 aliphatic carbocycles. The van der Waals surface area contributed by atoms with Gasteiger partial charge in [-0.2, -0.15) is 0 Å². The second-order valence-corrected chi connectivity index (χ2v) is 3.39. The summed E-state index contributed by atoms with van der Waals surface area (Å²) in [5.74, 6) is -0.601. The van der Waals surface area contributed by atoms with Crippen LogP contribution in [-0.4, -0.2) is 10.7 Å². The molecular formula is C9H6ClF2NO3. The van der Waals surface area contributed by atoms with Crippen LogP contribution in [-0.2, 0) is 0 Å². The molecule has 0 N–H and O–H groups in total. The van der Waals surface area contributed by atoms with Crippen molar-refractivity contribution in [3.63, 3.8) is 0 Å². The maximum atomic E-state index is 12.4. The van der Waals surface area contributed by atoms with Gasteiger partial charge in [0.05, 0.1) is 4.92 Å². The van der Waals surface area contributed by atoms with Crippen LogP contribution >= 0.6 is 11.6 Å². The summed E-state index contributed by atoms with van der Waals surface area (Å²) in [4.78, 5) is 20.7. The van der Waals surface area contributed by atoms with Gasteiger partial charge in [0.25, 0.3) is 12.1 Å². The maximum Gasteiger partial charge on any atom is 0.289 e. The summed E-state index contributed by atoms with van der Waals surface area (Å²) in [6.07, 6.45) is -2.89. The van der Waals surface area contributed by atoms with Crippen molar-refractivity contribution in [3.8, 4) is 0 Å². The highest BCUT2D eigenvalue weighted by atomic mass is 35.5. The second kappa shape index (κ2) is 4.52. The molecule has 1 rings (SSSR count). The van der Waals surface area contributed by atoms with Gasteiger partial charge in [0.15, 0.2) is 5.78 Å². The number of hydrogen-bond donors (Lipinski definition) is 0. The molecule has 0 heterocycles.